The fourth-order valence-corrected chi connectivity index (χ4v) is 4.26. The molecule has 10 heteroatoms. The van der Waals surface area contributed by atoms with Gasteiger partial charge in [0.05, 0.1) is 30.8 Å². The monoisotopic (exact) mass is 437 g/mol. The number of carbonyl (C=O) groups excluding carboxylic acids is 2. The Morgan fingerprint density at radius 3 is 2.40 bits per heavy atom. The summed E-state index contributed by atoms with van der Waals surface area (Å²) in [5.41, 5.74) is -0.278. The number of ketones is 1. The Morgan fingerprint density at radius 2 is 1.77 bits per heavy atom. The number of nitrogens with zero attached hydrogens (tertiary/aromatic N) is 1. The number of benzene rings is 2. The van der Waals surface area contributed by atoms with Crippen LogP contribution >= 0.6 is 0 Å². The average Bonchev–Trinajstić information content (AvgIpc) is 2.78. The molecule has 0 saturated carbocycles. The van der Waals surface area contributed by atoms with Crippen LogP contribution in [0.4, 0.5) is 4.39 Å². The van der Waals surface area contributed by atoms with Crippen LogP contribution in [0, 0.1) is 5.82 Å². The molecule has 2 aromatic rings. The Labute approximate surface area is 173 Å². The van der Waals surface area contributed by atoms with Gasteiger partial charge in [-0.15, -0.1) is 0 Å². The quantitative estimate of drug-likeness (QED) is 0.482. The first-order valence-electron chi connectivity index (χ1n) is 9.05. The van der Waals surface area contributed by atoms with Gasteiger partial charge >= 0.3 is 5.97 Å². The predicted molar refractivity (Wildman–Crippen MR) is 104 cm³/mol. The molecule has 3 rings (SSSR count). The number of carbonyl (C=O) groups is 2. The molecule has 0 atom stereocenters. The standard InChI is InChI=1S/C20H20FNO7S/c1-27-15-4-2-14(3-5-15)19(23)13-29-20(24)17-12-16(6-7-18(17)21)30(25,26)22-8-10-28-11-9-22/h2-7,12H,8-11,13H2,1H3. The van der Waals surface area contributed by atoms with E-state index in [1.807, 2.05) is 0 Å². The first kappa shape index (κ1) is 21.9. The van der Waals surface area contributed by atoms with Crippen LogP contribution in [-0.2, 0) is 19.5 Å². The lowest BCUT2D eigenvalue weighted by atomic mass is 10.1. The van der Waals surface area contributed by atoms with Crippen molar-refractivity contribution in [2.75, 3.05) is 40.0 Å². The highest BCUT2D eigenvalue weighted by atomic mass is 32.2. The van der Waals surface area contributed by atoms with Crippen molar-refractivity contribution in [1.82, 2.24) is 4.31 Å². The first-order chi connectivity index (χ1) is 14.3. The Hall–Kier alpha value is -2.82. The van der Waals surface area contributed by atoms with Gasteiger partial charge in [0.25, 0.3) is 0 Å². The fourth-order valence-electron chi connectivity index (χ4n) is 2.83. The third kappa shape index (κ3) is 4.84. The smallest absolute Gasteiger partial charge is 0.341 e. The van der Waals surface area contributed by atoms with E-state index in [4.69, 9.17) is 14.2 Å². The number of methoxy groups -OCH3 is 1. The molecule has 0 spiro atoms. The number of morpholine rings is 1. The van der Waals surface area contributed by atoms with Crippen LogP contribution in [0.3, 0.4) is 0 Å². The van der Waals surface area contributed by atoms with Crippen molar-refractivity contribution in [3.8, 4) is 5.75 Å². The maximum atomic E-state index is 14.2. The van der Waals surface area contributed by atoms with Gasteiger partial charge < -0.3 is 14.2 Å². The third-order valence-corrected chi connectivity index (χ3v) is 6.41. The largest absolute Gasteiger partial charge is 0.497 e. The van der Waals surface area contributed by atoms with Gasteiger partial charge in [0.2, 0.25) is 10.0 Å². The third-order valence-electron chi connectivity index (χ3n) is 4.51. The zero-order valence-electron chi connectivity index (χ0n) is 16.2. The molecule has 30 heavy (non-hydrogen) atoms. The second-order valence-electron chi connectivity index (χ2n) is 6.39. The highest BCUT2D eigenvalue weighted by Gasteiger charge is 2.28. The van der Waals surface area contributed by atoms with Gasteiger partial charge in [-0.1, -0.05) is 0 Å². The van der Waals surface area contributed by atoms with Crippen LogP contribution < -0.4 is 4.74 Å². The number of Topliss-reactive ketones (excluding diaryl/α,β-unsaturated/α-hetero) is 1. The number of esters is 1. The van der Waals surface area contributed by atoms with E-state index in [9.17, 15) is 22.4 Å². The van der Waals surface area contributed by atoms with E-state index in [0.717, 1.165) is 18.2 Å². The second kappa shape index (κ2) is 9.33. The molecule has 0 bridgehead atoms. The zero-order valence-corrected chi connectivity index (χ0v) is 17.0. The topological polar surface area (TPSA) is 99.2 Å². The summed E-state index contributed by atoms with van der Waals surface area (Å²) in [6, 6.07) is 9.05. The highest BCUT2D eigenvalue weighted by Crippen LogP contribution is 2.21. The Balaban J connectivity index is 1.72. The van der Waals surface area contributed by atoms with Crippen molar-refractivity contribution < 1.29 is 36.6 Å². The van der Waals surface area contributed by atoms with Gasteiger partial charge in [-0.3, -0.25) is 4.79 Å². The molecule has 0 amide bonds. The molecule has 0 aromatic heterocycles. The van der Waals surface area contributed by atoms with Gasteiger partial charge in [-0.25, -0.2) is 17.6 Å². The van der Waals surface area contributed by atoms with E-state index in [1.54, 1.807) is 12.1 Å². The van der Waals surface area contributed by atoms with Crippen molar-refractivity contribution in [1.29, 1.82) is 0 Å². The van der Waals surface area contributed by atoms with Crippen molar-refractivity contribution in [2.24, 2.45) is 0 Å². The summed E-state index contributed by atoms with van der Waals surface area (Å²) in [6.07, 6.45) is 0. The number of halogens is 1. The summed E-state index contributed by atoms with van der Waals surface area (Å²) in [5.74, 6) is -2.02. The van der Waals surface area contributed by atoms with Crippen molar-refractivity contribution in [3.63, 3.8) is 0 Å². The lowest BCUT2D eigenvalue weighted by Gasteiger charge is -2.26. The lowest BCUT2D eigenvalue weighted by molar-refractivity contribution is 0.0469. The number of ether oxygens (including phenoxy) is 3. The van der Waals surface area contributed by atoms with Crippen LogP contribution in [0.25, 0.3) is 0 Å². The van der Waals surface area contributed by atoms with Gasteiger partial charge in [-0.05, 0) is 42.5 Å². The second-order valence-corrected chi connectivity index (χ2v) is 8.32. The summed E-state index contributed by atoms with van der Waals surface area (Å²) in [5, 5.41) is 0. The summed E-state index contributed by atoms with van der Waals surface area (Å²) in [7, 11) is -2.43. The molecular weight excluding hydrogens is 417 g/mol. The minimum absolute atomic E-state index is 0.163. The maximum Gasteiger partial charge on any atom is 0.341 e. The average molecular weight is 437 g/mol. The molecule has 1 aliphatic rings. The van der Waals surface area contributed by atoms with Gasteiger partial charge in [-0.2, -0.15) is 4.31 Å². The maximum absolute atomic E-state index is 14.2. The SMILES string of the molecule is COc1ccc(C(=O)COC(=O)c2cc(S(=O)(=O)N3CCOCC3)ccc2F)cc1. The molecular formula is C20H20FNO7S. The zero-order chi connectivity index (χ0) is 21.7. The van der Waals surface area contributed by atoms with E-state index < -0.39 is 39.8 Å². The molecule has 0 unspecified atom stereocenters. The van der Waals surface area contributed by atoms with Crippen LogP contribution in [0.2, 0.25) is 0 Å². The van der Waals surface area contributed by atoms with E-state index in [0.29, 0.717) is 5.75 Å². The number of hydrogen-bond donors (Lipinski definition) is 0. The molecule has 1 heterocycles. The van der Waals surface area contributed by atoms with Crippen LogP contribution in [0.5, 0.6) is 5.75 Å². The highest BCUT2D eigenvalue weighted by molar-refractivity contribution is 7.89. The summed E-state index contributed by atoms with van der Waals surface area (Å²) in [4.78, 5) is 24.2. The van der Waals surface area contributed by atoms with Crippen LogP contribution in [0.1, 0.15) is 20.7 Å². The Kier molecular flexibility index (Phi) is 6.80. The van der Waals surface area contributed by atoms with E-state index in [2.05, 4.69) is 0 Å². The number of hydrogen-bond acceptors (Lipinski definition) is 7. The van der Waals surface area contributed by atoms with Crippen molar-refractivity contribution in [3.05, 3.63) is 59.4 Å². The minimum Gasteiger partial charge on any atom is -0.497 e. The van der Waals surface area contributed by atoms with Crippen molar-refractivity contribution in [2.45, 2.75) is 4.90 Å². The number of sulfonamides is 1. The van der Waals surface area contributed by atoms with Crippen LogP contribution in [0.15, 0.2) is 47.4 Å². The summed E-state index contributed by atoms with van der Waals surface area (Å²) >= 11 is 0. The summed E-state index contributed by atoms with van der Waals surface area (Å²) < 4.78 is 55.8. The Bertz CT molecular complexity index is 1030. The van der Waals surface area contributed by atoms with Gasteiger partial charge in [0.1, 0.15) is 11.6 Å². The number of rotatable bonds is 7. The normalized spacial score (nSPS) is 14.9. The van der Waals surface area contributed by atoms with Crippen LogP contribution in [-0.4, -0.2) is 64.5 Å². The van der Waals surface area contributed by atoms with Crippen molar-refractivity contribution >= 4 is 21.8 Å². The molecule has 0 N–H and O–H groups in total. The fraction of sp³-hybridized carbons (Fsp3) is 0.300. The predicted octanol–water partition coefficient (Wildman–Crippen LogP) is 1.89. The van der Waals surface area contributed by atoms with Gasteiger partial charge in [0.15, 0.2) is 12.4 Å². The molecule has 160 valence electrons. The molecule has 1 aliphatic heterocycles. The molecule has 2 aromatic carbocycles. The molecule has 8 nitrogen and oxygen atoms in total. The molecule has 0 radical (unpaired) electrons. The summed E-state index contributed by atoms with van der Waals surface area (Å²) in [6.45, 7) is 0.211. The Morgan fingerprint density at radius 1 is 1.10 bits per heavy atom. The first-order valence-corrected chi connectivity index (χ1v) is 10.5. The van der Waals surface area contributed by atoms with Gasteiger partial charge in [0, 0.05) is 18.7 Å². The van der Waals surface area contributed by atoms with E-state index >= 15 is 0 Å². The molecule has 0 aliphatic carbocycles. The molecule has 1 fully saturated rings. The molecule has 1 saturated heterocycles. The lowest BCUT2D eigenvalue weighted by Crippen LogP contribution is -2.40. The van der Waals surface area contributed by atoms with E-state index in [1.165, 1.54) is 23.5 Å². The minimum atomic E-state index is -3.92. The van der Waals surface area contributed by atoms with E-state index in [-0.39, 0.29) is 36.8 Å².